The van der Waals surface area contributed by atoms with E-state index in [1.807, 2.05) is 0 Å². The molecule has 1 fully saturated rings. The molecule has 0 unspecified atom stereocenters. The predicted octanol–water partition coefficient (Wildman–Crippen LogP) is 0.263. The number of hydrogen-bond donors (Lipinski definition) is 0. The van der Waals surface area contributed by atoms with Crippen molar-refractivity contribution < 1.29 is 23.7 Å². The van der Waals surface area contributed by atoms with Gasteiger partial charge in [-0.3, -0.25) is 4.79 Å². The Bertz CT molecular complexity index is 225. The molecule has 6 nitrogen and oxygen atoms in total. The molecule has 0 bridgehead atoms. The van der Waals surface area contributed by atoms with Crippen LogP contribution in [0.5, 0.6) is 0 Å². The second kappa shape index (κ2) is 10.3. The van der Waals surface area contributed by atoms with E-state index >= 15 is 0 Å². The molecular formula is C12H23NO5. The lowest BCUT2D eigenvalue weighted by Gasteiger charge is -2.15. The molecule has 1 aliphatic rings. The van der Waals surface area contributed by atoms with E-state index in [9.17, 15) is 4.79 Å². The van der Waals surface area contributed by atoms with E-state index < -0.39 is 0 Å². The summed E-state index contributed by atoms with van der Waals surface area (Å²) in [5.41, 5.74) is 0. The molecule has 1 amide bonds. The Hall–Kier alpha value is -0.690. The molecule has 1 heterocycles. The van der Waals surface area contributed by atoms with Crippen LogP contribution in [0.2, 0.25) is 0 Å². The smallest absolute Gasteiger partial charge is 0.224 e. The first kappa shape index (κ1) is 15.4. The SMILES string of the molecule is COCCOCCOCCOCN1CCCC1=O. The third-order valence-corrected chi connectivity index (χ3v) is 2.59. The van der Waals surface area contributed by atoms with E-state index in [-0.39, 0.29) is 5.91 Å². The minimum absolute atomic E-state index is 0.183. The molecule has 0 spiro atoms. The van der Waals surface area contributed by atoms with Gasteiger partial charge in [-0.1, -0.05) is 0 Å². The van der Waals surface area contributed by atoms with Crippen LogP contribution in [0, 0.1) is 0 Å². The number of likely N-dealkylation sites (tertiary alicyclic amines) is 1. The van der Waals surface area contributed by atoms with Crippen molar-refractivity contribution in [2.75, 3.05) is 60.0 Å². The molecule has 0 aromatic rings. The number of hydrogen-bond acceptors (Lipinski definition) is 5. The second-order valence-electron chi connectivity index (χ2n) is 4.02. The maximum atomic E-state index is 11.3. The van der Waals surface area contributed by atoms with Gasteiger partial charge in [-0.2, -0.15) is 0 Å². The Labute approximate surface area is 108 Å². The lowest BCUT2D eigenvalue weighted by molar-refractivity contribution is -0.133. The molecule has 0 aliphatic carbocycles. The van der Waals surface area contributed by atoms with E-state index in [0.29, 0.717) is 52.8 Å². The fourth-order valence-electron chi connectivity index (χ4n) is 1.60. The standard InChI is InChI=1S/C12H23NO5/c1-15-5-6-16-7-8-17-9-10-18-11-13-4-2-3-12(13)14/h2-11H2,1H3. The van der Waals surface area contributed by atoms with E-state index in [1.54, 1.807) is 12.0 Å². The van der Waals surface area contributed by atoms with Crippen molar-refractivity contribution in [1.29, 1.82) is 0 Å². The van der Waals surface area contributed by atoms with Gasteiger partial charge >= 0.3 is 0 Å². The average Bonchev–Trinajstić information content (AvgIpc) is 2.77. The zero-order valence-electron chi connectivity index (χ0n) is 11.1. The molecule has 1 rings (SSSR count). The predicted molar refractivity (Wildman–Crippen MR) is 65.3 cm³/mol. The van der Waals surface area contributed by atoms with Crippen LogP contribution in [0.25, 0.3) is 0 Å². The van der Waals surface area contributed by atoms with Gasteiger partial charge in [-0.05, 0) is 6.42 Å². The molecule has 1 saturated heterocycles. The number of carbonyl (C=O) groups is 1. The summed E-state index contributed by atoms with van der Waals surface area (Å²) >= 11 is 0. The Morgan fingerprint density at radius 3 is 2.17 bits per heavy atom. The number of ether oxygens (including phenoxy) is 4. The summed E-state index contributed by atoms with van der Waals surface area (Å²) in [5, 5.41) is 0. The minimum atomic E-state index is 0.183. The molecule has 0 radical (unpaired) electrons. The van der Waals surface area contributed by atoms with Gasteiger partial charge in [-0.25, -0.2) is 0 Å². The normalized spacial score (nSPS) is 15.6. The molecule has 18 heavy (non-hydrogen) atoms. The van der Waals surface area contributed by atoms with E-state index in [1.165, 1.54) is 0 Å². The molecule has 106 valence electrons. The van der Waals surface area contributed by atoms with Crippen LogP contribution in [-0.4, -0.2) is 70.8 Å². The molecule has 0 N–H and O–H groups in total. The zero-order valence-corrected chi connectivity index (χ0v) is 11.1. The molecule has 0 saturated carbocycles. The van der Waals surface area contributed by atoms with Crippen molar-refractivity contribution in [3.63, 3.8) is 0 Å². The molecule has 6 heteroatoms. The van der Waals surface area contributed by atoms with Gasteiger partial charge in [0.2, 0.25) is 5.91 Å². The monoisotopic (exact) mass is 261 g/mol. The highest BCUT2D eigenvalue weighted by atomic mass is 16.6. The summed E-state index contributed by atoms with van der Waals surface area (Å²) in [5.74, 6) is 0.183. The van der Waals surface area contributed by atoms with Gasteiger partial charge in [-0.15, -0.1) is 0 Å². The van der Waals surface area contributed by atoms with E-state index in [0.717, 1.165) is 13.0 Å². The molecule has 1 aliphatic heterocycles. The Balaban J connectivity index is 1.77. The zero-order chi connectivity index (χ0) is 13.1. The highest BCUT2D eigenvalue weighted by molar-refractivity contribution is 5.77. The molecular weight excluding hydrogens is 238 g/mol. The highest BCUT2D eigenvalue weighted by Crippen LogP contribution is 2.08. The topological polar surface area (TPSA) is 57.2 Å². The van der Waals surface area contributed by atoms with Crippen molar-refractivity contribution in [2.45, 2.75) is 12.8 Å². The van der Waals surface area contributed by atoms with Crippen molar-refractivity contribution in [1.82, 2.24) is 4.90 Å². The summed E-state index contributed by atoms with van der Waals surface area (Å²) in [6.07, 6.45) is 1.59. The highest BCUT2D eigenvalue weighted by Gasteiger charge is 2.19. The first-order valence-corrected chi connectivity index (χ1v) is 6.34. The number of rotatable bonds is 11. The summed E-state index contributed by atoms with van der Waals surface area (Å²) < 4.78 is 20.7. The maximum absolute atomic E-state index is 11.3. The third-order valence-electron chi connectivity index (χ3n) is 2.59. The van der Waals surface area contributed by atoms with Gasteiger partial charge in [0.25, 0.3) is 0 Å². The first-order chi connectivity index (χ1) is 8.84. The average molecular weight is 261 g/mol. The van der Waals surface area contributed by atoms with Crippen LogP contribution in [0.3, 0.4) is 0 Å². The quantitative estimate of drug-likeness (QED) is 0.499. The summed E-state index contributed by atoms with van der Waals surface area (Å²) in [7, 11) is 1.64. The Morgan fingerprint density at radius 2 is 1.61 bits per heavy atom. The number of carbonyl (C=O) groups excluding carboxylic acids is 1. The molecule has 0 aromatic carbocycles. The van der Waals surface area contributed by atoms with Gasteiger partial charge in [0, 0.05) is 20.1 Å². The minimum Gasteiger partial charge on any atom is -0.382 e. The van der Waals surface area contributed by atoms with Crippen LogP contribution in [0.1, 0.15) is 12.8 Å². The lowest BCUT2D eigenvalue weighted by atomic mass is 10.4. The fourth-order valence-corrected chi connectivity index (χ4v) is 1.60. The molecule has 0 aromatic heterocycles. The van der Waals surface area contributed by atoms with Crippen LogP contribution in [-0.2, 0) is 23.7 Å². The summed E-state index contributed by atoms with van der Waals surface area (Å²) in [6.45, 7) is 4.53. The second-order valence-corrected chi connectivity index (χ2v) is 4.02. The van der Waals surface area contributed by atoms with Crippen LogP contribution < -0.4 is 0 Å². The van der Waals surface area contributed by atoms with Crippen molar-refractivity contribution in [3.8, 4) is 0 Å². The fraction of sp³-hybridized carbons (Fsp3) is 0.917. The van der Waals surface area contributed by atoms with Crippen LogP contribution >= 0.6 is 0 Å². The van der Waals surface area contributed by atoms with Crippen molar-refractivity contribution >= 4 is 5.91 Å². The van der Waals surface area contributed by atoms with Crippen LogP contribution in [0.4, 0.5) is 0 Å². The van der Waals surface area contributed by atoms with E-state index in [2.05, 4.69) is 0 Å². The van der Waals surface area contributed by atoms with Gasteiger partial charge in [0.05, 0.1) is 39.6 Å². The maximum Gasteiger partial charge on any atom is 0.224 e. The number of nitrogens with zero attached hydrogens (tertiary/aromatic N) is 1. The first-order valence-electron chi connectivity index (χ1n) is 6.34. The Kier molecular flexibility index (Phi) is 8.75. The van der Waals surface area contributed by atoms with Gasteiger partial charge in [0.15, 0.2) is 0 Å². The van der Waals surface area contributed by atoms with Gasteiger partial charge < -0.3 is 23.8 Å². The summed E-state index contributed by atoms with van der Waals surface area (Å²) in [4.78, 5) is 13.0. The third kappa shape index (κ3) is 6.90. The number of amides is 1. The molecule has 0 atom stereocenters. The van der Waals surface area contributed by atoms with Crippen LogP contribution in [0.15, 0.2) is 0 Å². The lowest BCUT2D eigenvalue weighted by Crippen LogP contribution is -2.28. The Morgan fingerprint density at radius 1 is 1.00 bits per heavy atom. The van der Waals surface area contributed by atoms with Gasteiger partial charge in [0.1, 0.15) is 6.73 Å². The van der Waals surface area contributed by atoms with Crippen molar-refractivity contribution in [3.05, 3.63) is 0 Å². The largest absolute Gasteiger partial charge is 0.382 e. The number of methoxy groups -OCH3 is 1. The van der Waals surface area contributed by atoms with Crippen molar-refractivity contribution in [2.24, 2.45) is 0 Å². The van der Waals surface area contributed by atoms with E-state index in [4.69, 9.17) is 18.9 Å². The summed E-state index contributed by atoms with van der Waals surface area (Å²) in [6, 6.07) is 0.